The minimum absolute atomic E-state index is 0.609. The lowest BCUT2D eigenvalue weighted by Crippen LogP contribution is -2.13. The van der Waals surface area contributed by atoms with E-state index in [-0.39, 0.29) is 0 Å². The Labute approximate surface area is 184 Å². The molecule has 30 heavy (non-hydrogen) atoms. The Hall–Kier alpha value is -1.82. The lowest BCUT2D eigenvalue weighted by molar-refractivity contribution is 0.308. The fraction of sp³-hybridized carbons (Fsp3) is 0.533. The minimum Gasteiger partial charge on any atom is -0.0848 e. The molecule has 0 aromatic heterocycles. The zero-order chi connectivity index (χ0) is 20.8. The van der Waals surface area contributed by atoms with Crippen LogP contribution in [0, 0.1) is 11.8 Å². The Morgan fingerprint density at radius 3 is 1.73 bits per heavy atom. The van der Waals surface area contributed by atoms with Crippen LogP contribution < -0.4 is 0 Å². The van der Waals surface area contributed by atoms with E-state index >= 15 is 0 Å². The van der Waals surface area contributed by atoms with E-state index in [0.717, 1.165) is 17.8 Å². The highest BCUT2D eigenvalue weighted by molar-refractivity contribution is 5.64. The van der Waals surface area contributed by atoms with Crippen LogP contribution in [0.3, 0.4) is 0 Å². The van der Waals surface area contributed by atoms with Gasteiger partial charge in [0.2, 0.25) is 0 Å². The van der Waals surface area contributed by atoms with Gasteiger partial charge in [-0.3, -0.25) is 0 Å². The summed E-state index contributed by atoms with van der Waals surface area (Å²) < 4.78 is 0. The predicted octanol–water partition coefficient (Wildman–Crippen LogP) is 9.28. The molecule has 0 heteroatoms. The summed E-state index contributed by atoms with van der Waals surface area (Å²) >= 11 is 0. The number of allylic oxidation sites excluding steroid dienone is 2. The fourth-order valence-corrected chi connectivity index (χ4v) is 5.83. The fourth-order valence-electron chi connectivity index (χ4n) is 5.83. The van der Waals surface area contributed by atoms with Gasteiger partial charge in [-0.25, -0.2) is 0 Å². The Balaban J connectivity index is 1.36. The first-order chi connectivity index (χ1) is 14.8. The van der Waals surface area contributed by atoms with Gasteiger partial charge in [0.1, 0.15) is 0 Å². The lowest BCUT2D eigenvalue weighted by atomic mass is 9.77. The maximum atomic E-state index is 2.47. The van der Waals surface area contributed by atoms with Crippen LogP contribution in [0.5, 0.6) is 0 Å². The second kappa shape index (κ2) is 10.5. The lowest BCUT2D eigenvalue weighted by Gasteiger charge is -2.28. The summed E-state index contributed by atoms with van der Waals surface area (Å²) in [5.74, 6) is 3.19. The molecule has 2 atom stereocenters. The second-order valence-electron chi connectivity index (χ2n) is 9.87. The molecule has 1 saturated carbocycles. The van der Waals surface area contributed by atoms with E-state index in [2.05, 4.69) is 74.5 Å². The molecule has 0 nitrogen and oxygen atoms in total. The van der Waals surface area contributed by atoms with Crippen molar-refractivity contribution in [1.82, 2.24) is 0 Å². The summed E-state index contributed by atoms with van der Waals surface area (Å²) in [6, 6.07) is 18.8. The average Bonchev–Trinajstić information content (AvgIpc) is 2.81. The van der Waals surface area contributed by atoms with E-state index in [0.29, 0.717) is 5.92 Å². The van der Waals surface area contributed by atoms with Crippen molar-refractivity contribution in [2.24, 2.45) is 11.8 Å². The SMILES string of the molecule is CCCC1CCC(c2ccc(-c3ccc([C@@H]4C=C[C@@H](CCC)CC4)cc3)cc2)CC1. The minimum atomic E-state index is 0.609. The molecule has 2 aliphatic carbocycles. The maximum absolute atomic E-state index is 2.47. The molecule has 1 fully saturated rings. The largest absolute Gasteiger partial charge is 0.0848 e. The third kappa shape index (κ3) is 5.26. The van der Waals surface area contributed by atoms with Crippen LogP contribution >= 0.6 is 0 Å². The van der Waals surface area contributed by atoms with Crippen LogP contribution in [0.25, 0.3) is 11.1 Å². The molecule has 0 saturated heterocycles. The molecule has 160 valence electrons. The molecule has 0 N–H and O–H groups in total. The van der Waals surface area contributed by atoms with Crippen molar-refractivity contribution in [2.45, 2.75) is 89.9 Å². The Morgan fingerprint density at radius 1 is 0.600 bits per heavy atom. The normalized spacial score (nSPS) is 26.6. The van der Waals surface area contributed by atoms with Crippen LogP contribution in [0.1, 0.15) is 101 Å². The molecular formula is C30H40. The van der Waals surface area contributed by atoms with Crippen molar-refractivity contribution in [3.05, 3.63) is 71.8 Å². The van der Waals surface area contributed by atoms with Gasteiger partial charge in [-0.15, -0.1) is 0 Å². The Morgan fingerprint density at radius 2 is 1.20 bits per heavy atom. The van der Waals surface area contributed by atoms with Crippen molar-refractivity contribution >= 4 is 0 Å². The maximum Gasteiger partial charge on any atom is 0.00182 e. The first kappa shape index (κ1) is 21.4. The molecule has 0 heterocycles. The van der Waals surface area contributed by atoms with Crippen molar-refractivity contribution in [3.8, 4) is 11.1 Å². The molecule has 2 aliphatic rings. The van der Waals surface area contributed by atoms with Crippen LogP contribution in [-0.4, -0.2) is 0 Å². The van der Waals surface area contributed by atoms with Crippen molar-refractivity contribution in [1.29, 1.82) is 0 Å². The monoisotopic (exact) mass is 400 g/mol. The third-order valence-corrected chi connectivity index (χ3v) is 7.72. The highest BCUT2D eigenvalue weighted by Gasteiger charge is 2.22. The zero-order valence-corrected chi connectivity index (χ0v) is 19.2. The molecule has 0 radical (unpaired) electrons. The average molecular weight is 401 g/mol. The predicted molar refractivity (Wildman–Crippen MR) is 131 cm³/mol. The Kier molecular flexibility index (Phi) is 7.47. The first-order valence-electron chi connectivity index (χ1n) is 12.7. The van der Waals surface area contributed by atoms with Gasteiger partial charge in [0.25, 0.3) is 0 Å². The van der Waals surface area contributed by atoms with Crippen LogP contribution in [0.2, 0.25) is 0 Å². The molecule has 2 aromatic rings. The van der Waals surface area contributed by atoms with Gasteiger partial charge in [-0.2, -0.15) is 0 Å². The van der Waals surface area contributed by atoms with E-state index < -0.39 is 0 Å². The quantitative estimate of drug-likeness (QED) is 0.406. The molecule has 0 bridgehead atoms. The van der Waals surface area contributed by atoms with E-state index in [1.54, 1.807) is 5.56 Å². The molecule has 0 amide bonds. The molecule has 0 unspecified atom stereocenters. The number of hydrogen-bond acceptors (Lipinski definition) is 0. The highest BCUT2D eigenvalue weighted by atomic mass is 14.3. The van der Waals surface area contributed by atoms with Crippen LogP contribution in [0.15, 0.2) is 60.7 Å². The van der Waals surface area contributed by atoms with E-state index in [1.165, 1.54) is 80.9 Å². The van der Waals surface area contributed by atoms with Gasteiger partial charge >= 0.3 is 0 Å². The van der Waals surface area contributed by atoms with Crippen LogP contribution in [-0.2, 0) is 0 Å². The smallest absolute Gasteiger partial charge is 0.00182 e. The summed E-state index contributed by atoms with van der Waals surface area (Å²) in [7, 11) is 0. The molecule has 0 aliphatic heterocycles. The highest BCUT2D eigenvalue weighted by Crippen LogP contribution is 2.38. The summed E-state index contributed by atoms with van der Waals surface area (Å²) in [6.07, 6.45) is 18.6. The van der Waals surface area contributed by atoms with E-state index in [9.17, 15) is 0 Å². The number of rotatable bonds is 7. The van der Waals surface area contributed by atoms with Crippen molar-refractivity contribution in [2.75, 3.05) is 0 Å². The van der Waals surface area contributed by atoms with Gasteiger partial charge in [0.15, 0.2) is 0 Å². The Bertz CT molecular complexity index is 787. The topological polar surface area (TPSA) is 0 Å². The number of benzene rings is 2. The standard InChI is InChI=1S/C30H40/c1-3-5-23-7-11-25(12-8-23)27-15-19-29(20-16-27)30-21-17-28(18-22-30)26-13-9-24(6-4-2)10-14-26/h7,11,15-26H,3-6,8-10,12-14H2,1-2H3/t23-,24?,25-,26?/m1/s1. The number of hydrogen-bond donors (Lipinski definition) is 0. The van der Waals surface area contributed by atoms with Crippen molar-refractivity contribution < 1.29 is 0 Å². The summed E-state index contributed by atoms with van der Waals surface area (Å²) in [5.41, 5.74) is 5.73. The molecular weight excluding hydrogens is 360 g/mol. The van der Waals surface area contributed by atoms with Gasteiger partial charge in [0.05, 0.1) is 0 Å². The summed E-state index contributed by atoms with van der Waals surface area (Å²) in [5, 5.41) is 0. The zero-order valence-electron chi connectivity index (χ0n) is 19.2. The molecule has 4 rings (SSSR count). The van der Waals surface area contributed by atoms with Gasteiger partial charge in [0, 0.05) is 5.92 Å². The van der Waals surface area contributed by atoms with Gasteiger partial charge in [-0.1, -0.05) is 93.8 Å². The summed E-state index contributed by atoms with van der Waals surface area (Å²) in [6.45, 7) is 4.62. The van der Waals surface area contributed by atoms with Crippen LogP contribution in [0.4, 0.5) is 0 Å². The molecule has 0 spiro atoms. The third-order valence-electron chi connectivity index (χ3n) is 7.72. The first-order valence-corrected chi connectivity index (χ1v) is 12.7. The summed E-state index contributed by atoms with van der Waals surface area (Å²) in [4.78, 5) is 0. The van der Waals surface area contributed by atoms with Gasteiger partial charge in [-0.05, 0) is 85.0 Å². The van der Waals surface area contributed by atoms with E-state index in [4.69, 9.17) is 0 Å². The van der Waals surface area contributed by atoms with Crippen molar-refractivity contribution in [3.63, 3.8) is 0 Å². The van der Waals surface area contributed by atoms with E-state index in [1.807, 2.05) is 0 Å². The second-order valence-corrected chi connectivity index (χ2v) is 9.87. The molecule has 2 aromatic carbocycles. The van der Waals surface area contributed by atoms with Gasteiger partial charge < -0.3 is 0 Å².